The monoisotopic (exact) mass is 330 g/mol. The van der Waals surface area contributed by atoms with Crippen molar-refractivity contribution >= 4 is 22.8 Å². The van der Waals surface area contributed by atoms with E-state index in [1.165, 1.54) is 0 Å². The summed E-state index contributed by atoms with van der Waals surface area (Å²) in [5.41, 5.74) is 1.47. The molecule has 1 N–H and O–H groups in total. The van der Waals surface area contributed by atoms with Crippen LogP contribution < -0.4 is 4.74 Å². The van der Waals surface area contributed by atoms with Crippen molar-refractivity contribution in [3.63, 3.8) is 0 Å². The molecular weight excluding hydrogens is 308 g/mol. The van der Waals surface area contributed by atoms with Gasteiger partial charge in [0.1, 0.15) is 11.4 Å². The third kappa shape index (κ3) is 3.22. The summed E-state index contributed by atoms with van der Waals surface area (Å²) in [6.07, 6.45) is 1.30. The number of rotatable bonds is 4. The Morgan fingerprint density at radius 2 is 2.00 bits per heavy atom. The summed E-state index contributed by atoms with van der Waals surface area (Å²) < 4.78 is 10.3. The zero-order valence-electron chi connectivity index (χ0n) is 14.0. The number of aromatic amines is 1. The summed E-state index contributed by atoms with van der Waals surface area (Å²) in [5.74, 6) is 0.478. The van der Waals surface area contributed by atoms with E-state index in [-0.39, 0.29) is 17.8 Å². The van der Waals surface area contributed by atoms with Gasteiger partial charge >= 0.3 is 5.97 Å². The van der Waals surface area contributed by atoms with E-state index in [1.54, 1.807) is 18.9 Å². The molecule has 1 fully saturated rings. The zero-order chi connectivity index (χ0) is 17.1. The first kappa shape index (κ1) is 16.4. The minimum atomic E-state index is -0.151. The van der Waals surface area contributed by atoms with Gasteiger partial charge in [-0.3, -0.25) is 9.59 Å². The molecule has 1 saturated heterocycles. The predicted octanol–water partition coefficient (Wildman–Crippen LogP) is 2.59. The number of aromatic nitrogens is 1. The van der Waals surface area contributed by atoms with Gasteiger partial charge in [-0.05, 0) is 44.0 Å². The van der Waals surface area contributed by atoms with E-state index in [1.807, 2.05) is 24.3 Å². The average molecular weight is 330 g/mol. The molecule has 1 aliphatic rings. The second-order valence-corrected chi connectivity index (χ2v) is 5.95. The predicted molar refractivity (Wildman–Crippen MR) is 90.1 cm³/mol. The minimum absolute atomic E-state index is 0.0347. The van der Waals surface area contributed by atoms with Crippen molar-refractivity contribution in [2.75, 3.05) is 26.8 Å². The Bertz CT molecular complexity index is 745. The Hall–Kier alpha value is -2.50. The number of benzene rings is 1. The molecule has 0 bridgehead atoms. The van der Waals surface area contributed by atoms with Crippen LogP contribution in [0.1, 0.15) is 30.3 Å². The summed E-state index contributed by atoms with van der Waals surface area (Å²) in [6, 6.07) is 7.50. The van der Waals surface area contributed by atoms with Gasteiger partial charge in [0.25, 0.3) is 5.91 Å². The van der Waals surface area contributed by atoms with Crippen LogP contribution in [0.5, 0.6) is 5.75 Å². The van der Waals surface area contributed by atoms with Crippen molar-refractivity contribution in [1.82, 2.24) is 9.88 Å². The smallest absolute Gasteiger partial charge is 0.309 e. The number of nitrogens with one attached hydrogen (secondary N) is 1. The Kier molecular flexibility index (Phi) is 4.74. The first-order valence-electron chi connectivity index (χ1n) is 8.25. The van der Waals surface area contributed by atoms with Crippen LogP contribution >= 0.6 is 0 Å². The molecule has 0 aliphatic carbocycles. The first-order valence-corrected chi connectivity index (χ1v) is 8.25. The fourth-order valence-electron chi connectivity index (χ4n) is 3.10. The van der Waals surface area contributed by atoms with E-state index in [4.69, 9.17) is 9.47 Å². The largest absolute Gasteiger partial charge is 0.497 e. The van der Waals surface area contributed by atoms with Crippen LogP contribution in [0.4, 0.5) is 0 Å². The number of likely N-dealkylation sites (tertiary alicyclic amines) is 1. The molecular formula is C18H22N2O4. The highest BCUT2D eigenvalue weighted by Gasteiger charge is 2.29. The Morgan fingerprint density at radius 3 is 2.67 bits per heavy atom. The molecule has 3 rings (SSSR count). The van der Waals surface area contributed by atoms with Crippen molar-refractivity contribution in [1.29, 1.82) is 0 Å². The van der Waals surface area contributed by atoms with Gasteiger partial charge in [-0.25, -0.2) is 0 Å². The van der Waals surface area contributed by atoms with E-state index in [0.29, 0.717) is 38.2 Å². The van der Waals surface area contributed by atoms with Gasteiger partial charge in [-0.2, -0.15) is 0 Å². The number of amides is 1. The number of nitrogens with zero attached hydrogens (tertiary/aromatic N) is 1. The normalized spacial score (nSPS) is 15.5. The van der Waals surface area contributed by atoms with Crippen LogP contribution in [-0.2, 0) is 9.53 Å². The van der Waals surface area contributed by atoms with Gasteiger partial charge in [-0.1, -0.05) is 0 Å². The van der Waals surface area contributed by atoms with E-state index in [9.17, 15) is 9.59 Å². The first-order chi connectivity index (χ1) is 11.6. The van der Waals surface area contributed by atoms with E-state index in [2.05, 4.69) is 4.98 Å². The van der Waals surface area contributed by atoms with E-state index in [0.717, 1.165) is 16.7 Å². The number of fused-ring (bicyclic) bond motifs is 1. The molecule has 0 atom stereocenters. The second kappa shape index (κ2) is 6.95. The Balaban J connectivity index is 1.68. The number of carbonyl (C=O) groups excluding carboxylic acids is 2. The molecule has 2 heterocycles. The lowest BCUT2D eigenvalue weighted by atomic mass is 9.97. The number of carbonyl (C=O) groups is 2. The third-order valence-electron chi connectivity index (χ3n) is 4.46. The molecule has 24 heavy (non-hydrogen) atoms. The molecule has 128 valence electrons. The molecule has 6 heteroatoms. The van der Waals surface area contributed by atoms with Crippen molar-refractivity contribution in [2.24, 2.45) is 5.92 Å². The van der Waals surface area contributed by atoms with Crippen molar-refractivity contribution < 1.29 is 19.1 Å². The molecule has 1 aliphatic heterocycles. The summed E-state index contributed by atoms with van der Waals surface area (Å²) >= 11 is 0. The number of ether oxygens (including phenoxy) is 2. The molecule has 2 aromatic rings. The number of H-pyrrole nitrogens is 1. The van der Waals surface area contributed by atoms with Gasteiger partial charge in [0.15, 0.2) is 0 Å². The van der Waals surface area contributed by atoms with Crippen LogP contribution in [0.25, 0.3) is 10.9 Å². The van der Waals surface area contributed by atoms with Crippen LogP contribution in [0.15, 0.2) is 24.3 Å². The van der Waals surface area contributed by atoms with Crippen molar-refractivity contribution in [2.45, 2.75) is 19.8 Å². The quantitative estimate of drug-likeness (QED) is 0.875. The summed E-state index contributed by atoms with van der Waals surface area (Å²) in [5, 5.41) is 0.944. The molecule has 1 aromatic heterocycles. The van der Waals surface area contributed by atoms with Crippen LogP contribution in [-0.4, -0.2) is 48.6 Å². The van der Waals surface area contributed by atoms with E-state index >= 15 is 0 Å². The van der Waals surface area contributed by atoms with Gasteiger partial charge in [0.05, 0.1) is 19.6 Å². The SMILES string of the molecule is CCOC(=O)C1CCN(C(=O)c2cc3cc(OC)ccc3[nH]2)CC1. The highest BCUT2D eigenvalue weighted by Crippen LogP contribution is 2.24. The number of piperidine rings is 1. The van der Waals surface area contributed by atoms with Gasteiger partial charge in [-0.15, -0.1) is 0 Å². The van der Waals surface area contributed by atoms with Crippen LogP contribution in [0.2, 0.25) is 0 Å². The van der Waals surface area contributed by atoms with Gasteiger partial charge < -0.3 is 19.4 Å². The maximum atomic E-state index is 12.7. The number of esters is 1. The summed E-state index contributed by atoms with van der Waals surface area (Å²) in [7, 11) is 1.62. The second-order valence-electron chi connectivity index (χ2n) is 5.95. The lowest BCUT2D eigenvalue weighted by Gasteiger charge is -2.30. The lowest BCUT2D eigenvalue weighted by molar-refractivity contribution is -0.149. The van der Waals surface area contributed by atoms with E-state index < -0.39 is 0 Å². The Labute approximate surface area is 140 Å². The van der Waals surface area contributed by atoms with Gasteiger partial charge in [0, 0.05) is 24.0 Å². The maximum absolute atomic E-state index is 12.7. The number of methoxy groups -OCH3 is 1. The van der Waals surface area contributed by atoms with Crippen molar-refractivity contribution in [3.05, 3.63) is 30.0 Å². The summed E-state index contributed by atoms with van der Waals surface area (Å²) in [4.78, 5) is 29.4. The molecule has 1 aromatic carbocycles. The third-order valence-corrected chi connectivity index (χ3v) is 4.46. The fourth-order valence-corrected chi connectivity index (χ4v) is 3.10. The Morgan fingerprint density at radius 1 is 1.25 bits per heavy atom. The molecule has 0 spiro atoms. The van der Waals surface area contributed by atoms with Gasteiger partial charge in [0.2, 0.25) is 0 Å². The van der Waals surface area contributed by atoms with Crippen LogP contribution in [0, 0.1) is 5.92 Å². The molecule has 0 saturated carbocycles. The minimum Gasteiger partial charge on any atom is -0.497 e. The number of hydrogen-bond acceptors (Lipinski definition) is 4. The topological polar surface area (TPSA) is 71.6 Å². The zero-order valence-corrected chi connectivity index (χ0v) is 14.0. The highest BCUT2D eigenvalue weighted by atomic mass is 16.5. The average Bonchev–Trinajstić information content (AvgIpc) is 3.04. The lowest BCUT2D eigenvalue weighted by Crippen LogP contribution is -2.40. The molecule has 0 unspecified atom stereocenters. The standard InChI is InChI=1S/C18H22N2O4/c1-3-24-18(22)12-6-8-20(9-7-12)17(21)16-11-13-10-14(23-2)4-5-15(13)19-16/h4-5,10-12,19H,3,6-9H2,1-2H3. The molecule has 0 radical (unpaired) electrons. The maximum Gasteiger partial charge on any atom is 0.309 e. The van der Waals surface area contributed by atoms with Crippen LogP contribution in [0.3, 0.4) is 0 Å². The summed E-state index contributed by atoms with van der Waals surface area (Å²) in [6.45, 7) is 3.35. The molecule has 1 amide bonds. The van der Waals surface area contributed by atoms with Crippen molar-refractivity contribution in [3.8, 4) is 5.75 Å². The highest BCUT2D eigenvalue weighted by molar-refractivity contribution is 5.98. The fraction of sp³-hybridized carbons (Fsp3) is 0.444. The molecule has 6 nitrogen and oxygen atoms in total. The number of hydrogen-bond donors (Lipinski definition) is 1.